The second-order valence-corrected chi connectivity index (χ2v) is 3.58. The van der Waals surface area contributed by atoms with Crippen LogP contribution in [-0.4, -0.2) is 12.6 Å². The molecule has 0 aromatic carbocycles. The average Bonchev–Trinajstić information content (AvgIpc) is 2.14. The van der Waals surface area contributed by atoms with E-state index < -0.39 is 0 Å². The van der Waals surface area contributed by atoms with E-state index in [-0.39, 0.29) is 0 Å². The number of hydrogen-bond donors (Lipinski definition) is 0. The van der Waals surface area contributed by atoms with Crippen molar-refractivity contribution in [1.82, 2.24) is 0 Å². The molecule has 0 saturated heterocycles. The van der Waals surface area contributed by atoms with Crippen LogP contribution in [0.4, 0.5) is 0 Å². The molecule has 0 bridgehead atoms. The van der Waals surface area contributed by atoms with Gasteiger partial charge in [-0.25, -0.2) is 9.79 Å². The van der Waals surface area contributed by atoms with Crippen molar-refractivity contribution in [2.75, 3.05) is 6.54 Å². The van der Waals surface area contributed by atoms with Crippen molar-refractivity contribution < 1.29 is 4.79 Å². The van der Waals surface area contributed by atoms with Crippen LogP contribution in [0.2, 0.25) is 0 Å². The van der Waals surface area contributed by atoms with Gasteiger partial charge in [0, 0.05) is 0 Å². The summed E-state index contributed by atoms with van der Waals surface area (Å²) >= 11 is 0. The summed E-state index contributed by atoms with van der Waals surface area (Å²) in [5.41, 5.74) is 0. The van der Waals surface area contributed by atoms with Crippen molar-refractivity contribution in [2.24, 2.45) is 10.9 Å². The molecule has 0 aromatic heterocycles. The quantitative estimate of drug-likeness (QED) is 0.322. The highest BCUT2D eigenvalue weighted by Gasteiger charge is 2.05. The molecule has 0 amide bonds. The summed E-state index contributed by atoms with van der Waals surface area (Å²) in [6.07, 6.45) is 9.04. The Morgan fingerprint density at radius 3 is 2.46 bits per heavy atom. The molecule has 0 N–H and O–H groups in total. The summed E-state index contributed by atoms with van der Waals surface area (Å²) in [7, 11) is 0. The van der Waals surface area contributed by atoms with Gasteiger partial charge in [-0.2, -0.15) is 0 Å². The first-order chi connectivity index (χ1) is 6.35. The Bertz CT molecular complexity index is 150. The Balaban J connectivity index is 3.59. The predicted octanol–water partition coefficient (Wildman–Crippen LogP) is 3.32. The van der Waals surface area contributed by atoms with Crippen LogP contribution in [-0.2, 0) is 4.79 Å². The van der Waals surface area contributed by atoms with Crippen LogP contribution >= 0.6 is 0 Å². The highest BCUT2D eigenvalue weighted by Crippen LogP contribution is 2.15. The number of aliphatic imine (C=N–C) groups is 1. The van der Waals surface area contributed by atoms with Crippen LogP contribution in [0.1, 0.15) is 52.4 Å². The lowest BCUT2D eigenvalue weighted by atomic mass is 9.97. The van der Waals surface area contributed by atoms with Crippen molar-refractivity contribution in [2.45, 2.75) is 52.4 Å². The van der Waals surface area contributed by atoms with Gasteiger partial charge in [-0.15, -0.1) is 0 Å². The average molecular weight is 183 g/mol. The number of unbranched alkanes of at least 4 members (excludes halogenated alkanes) is 2. The van der Waals surface area contributed by atoms with Gasteiger partial charge in [0.25, 0.3) is 0 Å². The molecule has 0 aliphatic rings. The molecule has 1 unspecified atom stereocenters. The monoisotopic (exact) mass is 183 g/mol. The normalized spacial score (nSPS) is 12.2. The Hall–Kier alpha value is -0.620. The van der Waals surface area contributed by atoms with Crippen molar-refractivity contribution in [1.29, 1.82) is 0 Å². The van der Waals surface area contributed by atoms with Crippen molar-refractivity contribution in [3.05, 3.63) is 0 Å². The smallest absolute Gasteiger partial charge is 0.211 e. The standard InChI is InChI=1S/C11H21NO/c1-3-5-6-8-11(7-4-2)9-12-10-13/h11H,3-9H2,1-2H3. The number of rotatable bonds is 8. The molecule has 0 spiro atoms. The lowest BCUT2D eigenvalue weighted by Crippen LogP contribution is -2.04. The first kappa shape index (κ1) is 12.4. The summed E-state index contributed by atoms with van der Waals surface area (Å²) in [5, 5.41) is 0. The third-order valence-corrected chi connectivity index (χ3v) is 2.33. The molecule has 13 heavy (non-hydrogen) atoms. The lowest BCUT2D eigenvalue weighted by Gasteiger charge is -2.11. The van der Waals surface area contributed by atoms with Gasteiger partial charge in [-0.1, -0.05) is 39.5 Å². The number of carbonyl (C=O) groups excluding carboxylic acids is 1. The summed E-state index contributed by atoms with van der Waals surface area (Å²) in [6, 6.07) is 0. The highest BCUT2D eigenvalue weighted by molar-refractivity contribution is 5.32. The molecule has 76 valence electrons. The van der Waals surface area contributed by atoms with Gasteiger partial charge in [-0.05, 0) is 18.8 Å². The van der Waals surface area contributed by atoms with E-state index in [0.717, 1.165) is 0 Å². The zero-order valence-corrected chi connectivity index (χ0v) is 8.88. The summed E-state index contributed by atoms with van der Waals surface area (Å²) in [6.45, 7) is 5.07. The van der Waals surface area contributed by atoms with Crippen LogP contribution in [0.25, 0.3) is 0 Å². The number of hydrogen-bond acceptors (Lipinski definition) is 2. The molecular weight excluding hydrogens is 162 g/mol. The van der Waals surface area contributed by atoms with Crippen LogP contribution in [0.3, 0.4) is 0 Å². The van der Waals surface area contributed by atoms with E-state index in [9.17, 15) is 4.79 Å². The van der Waals surface area contributed by atoms with E-state index in [0.29, 0.717) is 12.5 Å². The van der Waals surface area contributed by atoms with Gasteiger partial charge in [-0.3, -0.25) is 0 Å². The largest absolute Gasteiger partial charge is 0.234 e. The van der Waals surface area contributed by atoms with Gasteiger partial charge >= 0.3 is 0 Å². The maximum Gasteiger partial charge on any atom is 0.234 e. The molecule has 0 rings (SSSR count). The van der Waals surface area contributed by atoms with E-state index in [1.165, 1.54) is 38.5 Å². The molecule has 0 fully saturated rings. The molecule has 2 heteroatoms. The van der Waals surface area contributed by atoms with Crippen molar-refractivity contribution >= 4 is 6.08 Å². The Morgan fingerprint density at radius 1 is 1.15 bits per heavy atom. The molecule has 0 aromatic rings. The Morgan fingerprint density at radius 2 is 1.92 bits per heavy atom. The van der Waals surface area contributed by atoms with E-state index in [2.05, 4.69) is 18.8 Å². The lowest BCUT2D eigenvalue weighted by molar-refractivity contribution is 0.432. The Labute approximate surface area is 81.4 Å². The van der Waals surface area contributed by atoms with Gasteiger partial charge in [0.2, 0.25) is 6.08 Å². The van der Waals surface area contributed by atoms with E-state index in [4.69, 9.17) is 0 Å². The zero-order chi connectivity index (χ0) is 9.94. The van der Waals surface area contributed by atoms with Crippen LogP contribution in [0.5, 0.6) is 0 Å². The highest BCUT2D eigenvalue weighted by atomic mass is 16.1. The van der Waals surface area contributed by atoms with Gasteiger partial charge in [0.1, 0.15) is 0 Å². The molecule has 0 radical (unpaired) electrons. The predicted molar refractivity (Wildman–Crippen MR) is 55.5 cm³/mol. The molecule has 0 heterocycles. The third kappa shape index (κ3) is 7.73. The van der Waals surface area contributed by atoms with E-state index >= 15 is 0 Å². The van der Waals surface area contributed by atoms with Gasteiger partial charge in [0.15, 0.2) is 0 Å². The molecular formula is C11H21NO. The minimum Gasteiger partial charge on any atom is -0.211 e. The third-order valence-electron chi connectivity index (χ3n) is 2.33. The van der Waals surface area contributed by atoms with Gasteiger partial charge in [0.05, 0.1) is 6.54 Å². The van der Waals surface area contributed by atoms with Crippen molar-refractivity contribution in [3.63, 3.8) is 0 Å². The van der Waals surface area contributed by atoms with Crippen LogP contribution in [0, 0.1) is 5.92 Å². The van der Waals surface area contributed by atoms with E-state index in [1.807, 2.05) is 0 Å². The molecule has 0 saturated carbocycles. The van der Waals surface area contributed by atoms with Crippen LogP contribution in [0.15, 0.2) is 4.99 Å². The fraction of sp³-hybridized carbons (Fsp3) is 0.909. The van der Waals surface area contributed by atoms with E-state index in [1.54, 1.807) is 6.08 Å². The molecule has 1 atom stereocenters. The number of nitrogens with zero attached hydrogens (tertiary/aromatic N) is 1. The Kier molecular flexibility index (Phi) is 9.02. The van der Waals surface area contributed by atoms with Crippen LogP contribution < -0.4 is 0 Å². The fourth-order valence-electron chi connectivity index (χ4n) is 1.58. The minimum absolute atomic E-state index is 0.609. The minimum atomic E-state index is 0.609. The maximum absolute atomic E-state index is 9.95. The fourth-order valence-corrected chi connectivity index (χ4v) is 1.58. The van der Waals surface area contributed by atoms with Crippen molar-refractivity contribution in [3.8, 4) is 0 Å². The first-order valence-electron chi connectivity index (χ1n) is 5.38. The second-order valence-electron chi connectivity index (χ2n) is 3.58. The summed E-state index contributed by atoms with van der Waals surface area (Å²) in [5.74, 6) is 0.609. The maximum atomic E-state index is 9.95. The molecule has 2 nitrogen and oxygen atoms in total. The van der Waals surface area contributed by atoms with Gasteiger partial charge < -0.3 is 0 Å². The molecule has 0 aliphatic carbocycles. The summed E-state index contributed by atoms with van der Waals surface area (Å²) < 4.78 is 0. The second kappa shape index (κ2) is 9.47. The summed E-state index contributed by atoms with van der Waals surface area (Å²) in [4.78, 5) is 13.6. The first-order valence-corrected chi connectivity index (χ1v) is 5.38. The topological polar surface area (TPSA) is 29.4 Å². The SMILES string of the molecule is CCCCCC(CCC)CN=C=O. The molecule has 0 aliphatic heterocycles. The zero-order valence-electron chi connectivity index (χ0n) is 8.88. The number of isocyanates is 1.